The van der Waals surface area contributed by atoms with Crippen molar-refractivity contribution in [3.8, 4) is 11.5 Å². The van der Waals surface area contributed by atoms with E-state index in [1.54, 1.807) is 49.5 Å². The molecule has 0 aromatic heterocycles. The summed E-state index contributed by atoms with van der Waals surface area (Å²) in [6, 6.07) is 10.6. The molecule has 1 saturated heterocycles. The summed E-state index contributed by atoms with van der Waals surface area (Å²) >= 11 is 0. The van der Waals surface area contributed by atoms with Crippen molar-refractivity contribution in [3.05, 3.63) is 59.4 Å². The van der Waals surface area contributed by atoms with E-state index in [2.05, 4.69) is 0 Å². The van der Waals surface area contributed by atoms with Crippen LogP contribution in [0.4, 0.5) is 4.39 Å². The number of carbonyl (C=O) groups is 1. The van der Waals surface area contributed by atoms with Crippen LogP contribution in [0.15, 0.2) is 42.5 Å². The largest absolute Gasteiger partial charge is 0.493 e. The maximum atomic E-state index is 14.1. The minimum absolute atomic E-state index is 0.196. The first kappa shape index (κ1) is 16.3. The Morgan fingerprint density at radius 2 is 1.83 bits per heavy atom. The molecule has 1 amide bonds. The first-order valence-corrected chi connectivity index (χ1v) is 7.58. The fraction of sp³-hybridized carbons (Fsp3) is 0.278. The quantitative estimate of drug-likeness (QED) is 0.854. The van der Waals surface area contributed by atoms with E-state index in [1.165, 1.54) is 6.07 Å². The standard InChI is InChI=1S/C18H19FN2O3/c1-23-14-8-7-11(9-15(14)24-2)10-21-17(16(20)18(21)22)12-5-3-4-6-13(12)19/h3-9,16-17H,10,20H2,1-2H3/t16-,17+/m1/s1. The topological polar surface area (TPSA) is 64.8 Å². The number of nitrogens with two attached hydrogens (primary N) is 1. The van der Waals surface area contributed by atoms with Crippen LogP contribution in [0.1, 0.15) is 17.2 Å². The molecule has 2 aromatic rings. The first-order chi connectivity index (χ1) is 11.6. The van der Waals surface area contributed by atoms with Crippen molar-refractivity contribution < 1.29 is 18.7 Å². The Labute approximate surface area is 139 Å². The van der Waals surface area contributed by atoms with Gasteiger partial charge in [-0.3, -0.25) is 4.79 Å². The lowest BCUT2D eigenvalue weighted by molar-refractivity contribution is -0.150. The fourth-order valence-corrected chi connectivity index (χ4v) is 3.00. The monoisotopic (exact) mass is 330 g/mol. The van der Waals surface area contributed by atoms with Crippen LogP contribution < -0.4 is 15.2 Å². The third-order valence-electron chi connectivity index (χ3n) is 4.27. The molecule has 0 spiro atoms. The van der Waals surface area contributed by atoms with Gasteiger partial charge < -0.3 is 20.1 Å². The van der Waals surface area contributed by atoms with Crippen LogP contribution in [0, 0.1) is 5.82 Å². The maximum absolute atomic E-state index is 14.1. The van der Waals surface area contributed by atoms with Crippen LogP contribution in [0.3, 0.4) is 0 Å². The molecule has 24 heavy (non-hydrogen) atoms. The number of carbonyl (C=O) groups excluding carboxylic acids is 1. The van der Waals surface area contributed by atoms with Gasteiger partial charge in [-0.15, -0.1) is 0 Å². The number of β-lactam (4-membered cyclic amide) rings is 1. The molecule has 3 rings (SSSR count). The van der Waals surface area contributed by atoms with Crippen molar-refractivity contribution >= 4 is 5.91 Å². The highest BCUT2D eigenvalue weighted by atomic mass is 19.1. The summed E-state index contributed by atoms with van der Waals surface area (Å²) in [5.74, 6) is 0.633. The number of amides is 1. The van der Waals surface area contributed by atoms with Gasteiger partial charge >= 0.3 is 0 Å². The van der Waals surface area contributed by atoms with E-state index in [9.17, 15) is 9.18 Å². The molecule has 2 atom stereocenters. The molecule has 6 heteroatoms. The molecule has 2 N–H and O–H groups in total. The van der Waals surface area contributed by atoms with Crippen molar-refractivity contribution in [2.75, 3.05) is 14.2 Å². The van der Waals surface area contributed by atoms with Crippen LogP contribution in [-0.2, 0) is 11.3 Å². The van der Waals surface area contributed by atoms with Gasteiger partial charge in [0.05, 0.1) is 20.3 Å². The predicted molar refractivity (Wildman–Crippen MR) is 87.2 cm³/mol. The average Bonchev–Trinajstić information content (AvgIpc) is 2.62. The van der Waals surface area contributed by atoms with E-state index in [0.29, 0.717) is 23.6 Å². The van der Waals surface area contributed by atoms with Crippen molar-refractivity contribution in [1.82, 2.24) is 4.90 Å². The van der Waals surface area contributed by atoms with E-state index in [4.69, 9.17) is 15.2 Å². The van der Waals surface area contributed by atoms with Crippen LogP contribution in [0.5, 0.6) is 11.5 Å². The number of rotatable bonds is 5. The first-order valence-electron chi connectivity index (χ1n) is 7.58. The molecular weight excluding hydrogens is 311 g/mol. The third-order valence-corrected chi connectivity index (χ3v) is 4.27. The molecule has 0 unspecified atom stereocenters. The van der Waals surface area contributed by atoms with Gasteiger partial charge in [-0.1, -0.05) is 24.3 Å². The molecule has 2 aromatic carbocycles. The van der Waals surface area contributed by atoms with Gasteiger partial charge in [0, 0.05) is 12.1 Å². The summed E-state index contributed by atoms with van der Waals surface area (Å²) in [5, 5.41) is 0. The summed E-state index contributed by atoms with van der Waals surface area (Å²) in [6.07, 6.45) is 0. The summed E-state index contributed by atoms with van der Waals surface area (Å²) in [4.78, 5) is 13.7. The second-order valence-corrected chi connectivity index (χ2v) is 5.65. The Kier molecular flexibility index (Phi) is 4.40. The van der Waals surface area contributed by atoms with Crippen molar-refractivity contribution in [2.24, 2.45) is 5.73 Å². The number of likely N-dealkylation sites (tertiary alicyclic amines) is 1. The highest BCUT2D eigenvalue weighted by Gasteiger charge is 2.46. The lowest BCUT2D eigenvalue weighted by atomic mass is 9.88. The highest BCUT2D eigenvalue weighted by molar-refractivity contribution is 5.89. The van der Waals surface area contributed by atoms with Crippen molar-refractivity contribution in [2.45, 2.75) is 18.6 Å². The number of ether oxygens (including phenoxy) is 2. The second kappa shape index (κ2) is 6.49. The Hall–Kier alpha value is -2.60. The van der Waals surface area contributed by atoms with E-state index < -0.39 is 12.1 Å². The smallest absolute Gasteiger partial charge is 0.242 e. The number of nitrogens with zero attached hydrogens (tertiary/aromatic N) is 1. The third kappa shape index (κ3) is 2.69. The zero-order chi connectivity index (χ0) is 17.3. The van der Waals surface area contributed by atoms with Crippen LogP contribution >= 0.6 is 0 Å². The molecule has 1 fully saturated rings. The number of methoxy groups -OCH3 is 2. The molecule has 1 aliphatic rings. The number of benzene rings is 2. The maximum Gasteiger partial charge on any atom is 0.242 e. The molecule has 0 radical (unpaired) electrons. The summed E-state index contributed by atoms with van der Waals surface area (Å²) in [5.41, 5.74) is 7.20. The number of hydrogen-bond donors (Lipinski definition) is 1. The van der Waals surface area contributed by atoms with Crippen LogP contribution in [-0.4, -0.2) is 31.1 Å². The van der Waals surface area contributed by atoms with Crippen molar-refractivity contribution in [3.63, 3.8) is 0 Å². The van der Waals surface area contributed by atoms with Crippen LogP contribution in [0.2, 0.25) is 0 Å². The minimum Gasteiger partial charge on any atom is -0.493 e. The molecular formula is C18H19FN2O3. The summed E-state index contributed by atoms with van der Waals surface area (Å²) < 4.78 is 24.5. The lowest BCUT2D eigenvalue weighted by Gasteiger charge is -2.45. The molecule has 0 bridgehead atoms. The zero-order valence-corrected chi connectivity index (χ0v) is 13.5. The van der Waals surface area contributed by atoms with Gasteiger partial charge in [0.15, 0.2) is 11.5 Å². The molecule has 126 valence electrons. The van der Waals surface area contributed by atoms with E-state index >= 15 is 0 Å². The second-order valence-electron chi connectivity index (χ2n) is 5.65. The Morgan fingerprint density at radius 3 is 2.50 bits per heavy atom. The van der Waals surface area contributed by atoms with Gasteiger partial charge in [0.2, 0.25) is 5.91 Å². The van der Waals surface area contributed by atoms with E-state index in [1.807, 2.05) is 6.07 Å². The normalized spacial score (nSPS) is 19.8. The summed E-state index contributed by atoms with van der Waals surface area (Å²) in [6.45, 7) is 0.325. The van der Waals surface area contributed by atoms with Gasteiger partial charge in [-0.25, -0.2) is 4.39 Å². The number of hydrogen-bond acceptors (Lipinski definition) is 4. The Morgan fingerprint density at radius 1 is 1.12 bits per heavy atom. The molecule has 0 aliphatic carbocycles. The van der Waals surface area contributed by atoms with Gasteiger partial charge in [0.1, 0.15) is 11.9 Å². The average molecular weight is 330 g/mol. The lowest BCUT2D eigenvalue weighted by Crippen LogP contribution is -2.62. The number of halogens is 1. The zero-order valence-electron chi connectivity index (χ0n) is 13.5. The molecule has 1 aliphatic heterocycles. The van der Waals surface area contributed by atoms with Crippen LogP contribution in [0.25, 0.3) is 0 Å². The van der Waals surface area contributed by atoms with Crippen molar-refractivity contribution in [1.29, 1.82) is 0 Å². The summed E-state index contributed by atoms with van der Waals surface area (Å²) in [7, 11) is 3.11. The van der Waals surface area contributed by atoms with E-state index in [0.717, 1.165) is 5.56 Å². The highest BCUT2D eigenvalue weighted by Crippen LogP contribution is 2.37. The molecule has 0 saturated carbocycles. The van der Waals surface area contributed by atoms with Gasteiger partial charge in [-0.05, 0) is 23.8 Å². The SMILES string of the molecule is COc1ccc(CN2C(=O)[C@H](N)[C@@H]2c2ccccc2F)cc1OC. The van der Waals surface area contributed by atoms with Gasteiger partial charge in [-0.2, -0.15) is 0 Å². The fourth-order valence-electron chi connectivity index (χ4n) is 3.00. The van der Waals surface area contributed by atoms with Gasteiger partial charge in [0.25, 0.3) is 0 Å². The Balaban J connectivity index is 1.86. The molecule has 1 heterocycles. The minimum atomic E-state index is -0.720. The predicted octanol–water partition coefficient (Wildman–Crippen LogP) is 2.25. The Bertz CT molecular complexity index is 766. The van der Waals surface area contributed by atoms with E-state index in [-0.39, 0.29) is 11.7 Å². The molecule has 5 nitrogen and oxygen atoms in total.